The van der Waals surface area contributed by atoms with Crippen LogP contribution in [0.15, 0.2) is 18.2 Å². The van der Waals surface area contributed by atoms with Crippen LogP contribution in [0.1, 0.15) is 18.4 Å². The van der Waals surface area contributed by atoms with Gasteiger partial charge in [-0.25, -0.2) is 4.39 Å². The number of nitrogens with zero attached hydrogens (tertiary/aromatic N) is 1. The van der Waals surface area contributed by atoms with E-state index in [-0.39, 0.29) is 23.7 Å². The van der Waals surface area contributed by atoms with E-state index in [2.05, 4.69) is 10.2 Å². The van der Waals surface area contributed by atoms with E-state index in [0.717, 1.165) is 19.4 Å². The van der Waals surface area contributed by atoms with E-state index in [1.54, 1.807) is 12.1 Å². The molecule has 0 bridgehead atoms. The van der Waals surface area contributed by atoms with Crippen molar-refractivity contribution >= 4 is 11.6 Å². The molecule has 1 amide bonds. The Balaban J connectivity index is 1.77. The first-order valence-electron chi connectivity index (χ1n) is 6.71. The van der Waals surface area contributed by atoms with Crippen molar-refractivity contribution in [1.29, 1.82) is 0 Å². The summed E-state index contributed by atoms with van der Waals surface area (Å²) in [5, 5.41) is 2.91. The van der Waals surface area contributed by atoms with Crippen LogP contribution in [0.5, 0.6) is 0 Å². The van der Waals surface area contributed by atoms with Crippen LogP contribution in [0.4, 0.5) is 10.1 Å². The lowest BCUT2D eigenvalue weighted by Gasteiger charge is -2.35. The van der Waals surface area contributed by atoms with Crippen LogP contribution in [0.25, 0.3) is 0 Å². The Morgan fingerprint density at radius 2 is 2.32 bits per heavy atom. The van der Waals surface area contributed by atoms with Crippen molar-refractivity contribution in [1.82, 2.24) is 10.2 Å². The molecular weight excluding hydrogens is 245 g/mol. The number of likely N-dealkylation sites (tertiary alicyclic amines) is 1. The summed E-state index contributed by atoms with van der Waals surface area (Å²) in [6.07, 6.45) is 1.93. The van der Waals surface area contributed by atoms with Crippen molar-refractivity contribution in [3.8, 4) is 0 Å². The Bertz CT molecular complexity index is 505. The first kappa shape index (κ1) is 12.4. The molecule has 2 heterocycles. The van der Waals surface area contributed by atoms with Gasteiger partial charge in [-0.3, -0.25) is 9.69 Å². The van der Waals surface area contributed by atoms with Crippen molar-refractivity contribution in [3.63, 3.8) is 0 Å². The van der Waals surface area contributed by atoms with Crippen molar-refractivity contribution in [3.05, 3.63) is 29.6 Å². The molecule has 2 unspecified atom stereocenters. The molecule has 3 rings (SSSR count). The predicted octanol–water partition coefficient (Wildman–Crippen LogP) is 1.12. The number of nitrogens with one attached hydrogen (secondary N) is 1. The van der Waals surface area contributed by atoms with Crippen LogP contribution in [0.2, 0.25) is 0 Å². The van der Waals surface area contributed by atoms with E-state index in [9.17, 15) is 9.18 Å². The number of piperidine rings is 1. The molecule has 4 nitrogen and oxygen atoms in total. The van der Waals surface area contributed by atoms with Gasteiger partial charge in [0.15, 0.2) is 0 Å². The second-order valence-electron chi connectivity index (χ2n) is 5.38. The van der Waals surface area contributed by atoms with Crippen molar-refractivity contribution in [2.75, 3.05) is 18.8 Å². The molecule has 19 heavy (non-hydrogen) atoms. The fourth-order valence-electron chi connectivity index (χ4n) is 3.15. The summed E-state index contributed by atoms with van der Waals surface area (Å²) < 4.78 is 13.8. The van der Waals surface area contributed by atoms with E-state index in [0.29, 0.717) is 24.3 Å². The van der Waals surface area contributed by atoms with Gasteiger partial charge < -0.3 is 11.1 Å². The van der Waals surface area contributed by atoms with Gasteiger partial charge in [0.1, 0.15) is 5.82 Å². The topological polar surface area (TPSA) is 58.4 Å². The zero-order valence-corrected chi connectivity index (χ0v) is 10.7. The number of carbonyl (C=O) groups excluding carboxylic acids is 1. The van der Waals surface area contributed by atoms with Gasteiger partial charge in [0.25, 0.3) is 0 Å². The highest BCUT2D eigenvalue weighted by Crippen LogP contribution is 2.29. The zero-order chi connectivity index (χ0) is 13.4. The number of hydrogen-bond acceptors (Lipinski definition) is 3. The minimum atomic E-state index is -0.264. The van der Waals surface area contributed by atoms with Gasteiger partial charge >= 0.3 is 0 Å². The fraction of sp³-hybridized carbons (Fsp3) is 0.500. The van der Waals surface area contributed by atoms with Crippen LogP contribution >= 0.6 is 0 Å². The Morgan fingerprint density at radius 1 is 1.47 bits per heavy atom. The van der Waals surface area contributed by atoms with E-state index in [1.807, 2.05) is 0 Å². The van der Waals surface area contributed by atoms with Gasteiger partial charge in [-0.05, 0) is 31.5 Å². The molecule has 0 aliphatic carbocycles. The van der Waals surface area contributed by atoms with E-state index in [4.69, 9.17) is 5.73 Å². The predicted molar refractivity (Wildman–Crippen MR) is 70.7 cm³/mol. The molecule has 3 N–H and O–H groups in total. The van der Waals surface area contributed by atoms with Gasteiger partial charge in [-0.2, -0.15) is 0 Å². The summed E-state index contributed by atoms with van der Waals surface area (Å²) >= 11 is 0. The van der Waals surface area contributed by atoms with Crippen molar-refractivity contribution < 1.29 is 9.18 Å². The summed E-state index contributed by atoms with van der Waals surface area (Å²) in [5.74, 6) is -0.0440. The molecule has 2 fully saturated rings. The van der Waals surface area contributed by atoms with E-state index >= 15 is 0 Å². The summed E-state index contributed by atoms with van der Waals surface area (Å²) in [4.78, 5) is 13.9. The number of nitrogen functional groups attached to an aromatic ring is 1. The third-order valence-corrected chi connectivity index (χ3v) is 4.17. The molecule has 0 spiro atoms. The van der Waals surface area contributed by atoms with Crippen molar-refractivity contribution in [2.45, 2.75) is 25.4 Å². The van der Waals surface area contributed by atoms with E-state index < -0.39 is 0 Å². The highest BCUT2D eigenvalue weighted by molar-refractivity contribution is 5.82. The maximum atomic E-state index is 13.8. The van der Waals surface area contributed by atoms with Gasteiger partial charge in [0, 0.05) is 30.4 Å². The molecule has 5 heteroatoms. The van der Waals surface area contributed by atoms with Crippen LogP contribution in [-0.2, 0) is 11.3 Å². The quantitative estimate of drug-likeness (QED) is 0.786. The minimum absolute atomic E-state index is 0.0746. The Hall–Kier alpha value is -1.62. The van der Waals surface area contributed by atoms with Gasteiger partial charge in [0.05, 0.1) is 5.92 Å². The Morgan fingerprint density at radius 3 is 3.11 bits per heavy atom. The summed E-state index contributed by atoms with van der Waals surface area (Å²) in [6, 6.07) is 5.02. The maximum Gasteiger partial charge on any atom is 0.224 e. The summed E-state index contributed by atoms with van der Waals surface area (Å²) in [5.41, 5.74) is 6.64. The monoisotopic (exact) mass is 263 g/mol. The summed E-state index contributed by atoms with van der Waals surface area (Å²) in [6.45, 7) is 2.14. The normalized spacial score (nSPS) is 27.1. The molecule has 2 saturated heterocycles. The first-order chi connectivity index (χ1) is 9.15. The van der Waals surface area contributed by atoms with Gasteiger partial charge in [-0.1, -0.05) is 6.07 Å². The second kappa shape index (κ2) is 4.81. The standard InChI is InChI=1S/C14H18FN3O/c15-12-6-10(16)4-3-9(12)8-18-5-1-2-11-13(18)7-17-14(11)19/h3-4,6,11,13H,1-2,5,7-8,16H2,(H,17,19). The number of amides is 1. The Kier molecular flexibility index (Phi) is 3.14. The third-order valence-electron chi connectivity index (χ3n) is 4.17. The highest BCUT2D eigenvalue weighted by atomic mass is 19.1. The van der Waals surface area contributed by atoms with Crippen LogP contribution < -0.4 is 11.1 Å². The second-order valence-corrected chi connectivity index (χ2v) is 5.38. The third kappa shape index (κ3) is 2.30. The lowest BCUT2D eigenvalue weighted by molar-refractivity contribution is -0.124. The van der Waals surface area contributed by atoms with Crippen molar-refractivity contribution in [2.24, 2.45) is 5.92 Å². The minimum Gasteiger partial charge on any atom is -0.399 e. The maximum absolute atomic E-state index is 13.8. The van der Waals surface area contributed by atoms with E-state index in [1.165, 1.54) is 6.07 Å². The number of halogens is 1. The fourth-order valence-corrected chi connectivity index (χ4v) is 3.15. The number of nitrogens with two attached hydrogens (primary N) is 1. The molecule has 0 aromatic heterocycles. The Labute approximate surface area is 111 Å². The summed E-state index contributed by atoms with van der Waals surface area (Å²) in [7, 11) is 0. The molecular formula is C14H18FN3O. The molecule has 2 atom stereocenters. The van der Waals surface area contributed by atoms with Gasteiger partial charge in [0.2, 0.25) is 5.91 Å². The number of rotatable bonds is 2. The smallest absolute Gasteiger partial charge is 0.224 e. The number of benzene rings is 1. The molecule has 2 aliphatic rings. The number of carbonyl (C=O) groups is 1. The molecule has 0 radical (unpaired) electrons. The number of hydrogen-bond donors (Lipinski definition) is 2. The molecule has 1 aromatic carbocycles. The lowest BCUT2D eigenvalue weighted by Crippen LogP contribution is -2.45. The molecule has 0 saturated carbocycles. The first-order valence-corrected chi connectivity index (χ1v) is 6.71. The van der Waals surface area contributed by atoms with Crippen LogP contribution in [0, 0.1) is 11.7 Å². The largest absolute Gasteiger partial charge is 0.399 e. The molecule has 102 valence electrons. The molecule has 1 aromatic rings. The number of anilines is 1. The average molecular weight is 263 g/mol. The number of fused-ring (bicyclic) bond motifs is 1. The highest BCUT2D eigenvalue weighted by Gasteiger charge is 2.40. The SMILES string of the molecule is Nc1ccc(CN2CCCC3C(=O)NCC32)c(F)c1. The van der Waals surface area contributed by atoms with Crippen LogP contribution in [-0.4, -0.2) is 29.9 Å². The van der Waals surface area contributed by atoms with Gasteiger partial charge in [-0.15, -0.1) is 0 Å². The average Bonchev–Trinajstić information content (AvgIpc) is 2.76. The lowest BCUT2D eigenvalue weighted by atomic mass is 9.91. The zero-order valence-electron chi connectivity index (χ0n) is 10.7. The van der Waals surface area contributed by atoms with Crippen LogP contribution in [0.3, 0.4) is 0 Å². The molecule has 2 aliphatic heterocycles.